The van der Waals surface area contributed by atoms with E-state index >= 15 is 0 Å². The van der Waals surface area contributed by atoms with Gasteiger partial charge in [0.1, 0.15) is 11.5 Å². The molecule has 2 aromatic carbocycles. The molecule has 0 aliphatic carbocycles. The van der Waals surface area contributed by atoms with Gasteiger partial charge in [0.15, 0.2) is 6.10 Å². The van der Waals surface area contributed by atoms with Crippen LogP contribution in [0.25, 0.3) is 0 Å². The van der Waals surface area contributed by atoms with Gasteiger partial charge >= 0.3 is 0 Å². The fraction of sp³-hybridized carbons (Fsp3) is 0.286. The Balaban J connectivity index is 1.80. The molecule has 0 spiro atoms. The fourth-order valence-electron chi connectivity index (χ4n) is 2.46. The molecule has 0 aromatic heterocycles. The highest BCUT2D eigenvalue weighted by Gasteiger charge is 2.17. The molecule has 0 aliphatic heterocycles. The maximum absolute atomic E-state index is 12.2. The molecule has 154 valence electrons. The second-order valence-corrected chi connectivity index (χ2v) is 6.38. The third kappa shape index (κ3) is 5.97. The quantitative estimate of drug-likeness (QED) is 0.614. The predicted octanol–water partition coefficient (Wildman–Crippen LogP) is 1.66. The molecule has 0 bridgehead atoms. The van der Waals surface area contributed by atoms with Gasteiger partial charge in [0, 0.05) is 0 Å². The van der Waals surface area contributed by atoms with Crippen LogP contribution >= 0.6 is 0 Å². The summed E-state index contributed by atoms with van der Waals surface area (Å²) in [5.74, 6) is -0.564. The van der Waals surface area contributed by atoms with Crippen molar-refractivity contribution in [3.05, 3.63) is 59.2 Å². The van der Waals surface area contributed by atoms with Crippen molar-refractivity contribution in [3.8, 4) is 11.5 Å². The minimum Gasteiger partial charge on any atom is -0.496 e. The lowest BCUT2D eigenvalue weighted by atomic mass is 10.1. The molecule has 0 radical (unpaired) electrons. The summed E-state index contributed by atoms with van der Waals surface area (Å²) in [6.45, 7) is 5.12. The van der Waals surface area contributed by atoms with Crippen LogP contribution in [0.4, 0.5) is 0 Å². The zero-order chi connectivity index (χ0) is 21.4. The Hall–Kier alpha value is -3.55. The van der Waals surface area contributed by atoms with E-state index in [-0.39, 0.29) is 6.54 Å². The number of aryl methyl sites for hydroxylation is 1. The third-order valence-corrected chi connectivity index (χ3v) is 4.31. The number of hydrogen-bond donors (Lipinski definition) is 3. The molecule has 8 nitrogen and oxygen atoms in total. The Morgan fingerprint density at radius 3 is 2.38 bits per heavy atom. The summed E-state index contributed by atoms with van der Waals surface area (Å²) in [7, 11) is 1.45. The maximum Gasteiger partial charge on any atom is 0.279 e. The summed E-state index contributed by atoms with van der Waals surface area (Å²) < 4.78 is 10.8. The third-order valence-electron chi connectivity index (χ3n) is 4.31. The molecule has 3 N–H and O–H groups in total. The van der Waals surface area contributed by atoms with Gasteiger partial charge in [-0.25, -0.2) is 0 Å². The van der Waals surface area contributed by atoms with Crippen molar-refractivity contribution in [1.29, 1.82) is 0 Å². The topological polar surface area (TPSA) is 106 Å². The molecule has 3 amide bonds. The molecule has 1 unspecified atom stereocenters. The van der Waals surface area contributed by atoms with Crippen LogP contribution in [0.15, 0.2) is 42.5 Å². The number of nitrogens with one attached hydrogen (secondary N) is 3. The van der Waals surface area contributed by atoms with Crippen molar-refractivity contribution in [2.75, 3.05) is 13.7 Å². The van der Waals surface area contributed by atoms with Gasteiger partial charge in [-0.05, 0) is 50.1 Å². The first-order valence-corrected chi connectivity index (χ1v) is 9.06. The van der Waals surface area contributed by atoms with Gasteiger partial charge in [-0.3, -0.25) is 25.2 Å². The number of methoxy groups -OCH3 is 1. The highest BCUT2D eigenvalue weighted by Crippen LogP contribution is 2.21. The van der Waals surface area contributed by atoms with Gasteiger partial charge < -0.3 is 14.8 Å². The van der Waals surface area contributed by atoms with Crippen LogP contribution < -0.4 is 25.6 Å². The van der Waals surface area contributed by atoms with Gasteiger partial charge in [0.25, 0.3) is 17.7 Å². The van der Waals surface area contributed by atoms with E-state index in [0.29, 0.717) is 17.1 Å². The average molecular weight is 399 g/mol. The normalized spacial score (nSPS) is 11.2. The van der Waals surface area contributed by atoms with Crippen molar-refractivity contribution >= 4 is 17.7 Å². The minimum absolute atomic E-state index is 0.308. The van der Waals surface area contributed by atoms with E-state index in [1.807, 2.05) is 26.0 Å². The molecule has 2 rings (SSSR count). The van der Waals surface area contributed by atoms with Crippen LogP contribution in [0.5, 0.6) is 11.5 Å². The summed E-state index contributed by atoms with van der Waals surface area (Å²) in [6, 6.07) is 12.2. The first-order chi connectivity index (χ1) is 13.8. The van der Waals surface area contributed by atoms with Crippen molar-refractivity contribution in [1.82, 2.24) is 16.2 Å². The van der Waals surface area contributed by atoms with Gasteiger partial charge in [-0.15, -0.1) is 0 Å². The van der Waals surface area contributed by atoms with Gasteiger partial charge in [-0.2, -0.15) is 0 Å². The number of ether oxygens (including phenoxy) is 2. The van der Waals surface area contributed by atoms with E-state index in [1.165, 1.54) is 7.11 Å². The smallest absolute Gasteiger partial charge is 0.279 e. The predicted molar refractivity (Wildman–Crippen MR) is 108 cm³/mol. The van der Waals surface area contributed by atoms with Gasteiger partial charge in [0.05, 0.1) is 19.2 Å². The molecule has 0 heterocycles. The number of amides is 3. The lowest BCUT2D eigenvalue weighted by Gasteiger charge is -2.17. The van der Waals surface area contributed by atoms with Crippen LogP contribution in [0.2, 0.25) is 0 Å². The highest BCUT2D eigenvalue weighted by atomic mass is 16.5. The summed E-state index contributed by atoms with van der Waals surface area (Å²) in [6.07, 6.45) is -0.820. The lowest BCUT2D eigenvalue weighted by Crippen LogP contribution is -2.50. The lowest BCUT2D eigenvalue weighted by molar-refractivity contribution is -0.132. The van der Waals surface area contributed by atoms with Crippen LogP contribution in [0.3, 0.4) is 0 Å². The highest BCUT2D eigenvalue weighted by molar-refractivity contribution is 5.98. The number of para-hydroxylation sites is 1. The summed E-state index contributed by atoms with van der Waals surface area (Å²) in [5.41, 5.74) is 6.83. The molecular weight excluding hydrogens is 374 g/mol. The van der Waals surface area contributed by atoms with E-state index in [4.69, 9.17) is 9.47 Å². The number of hydrazine groups is 1. The minimum atomic E-state index is -0.820. The Morgan fingerprint density at radius 1 is 0.966 bits per heavy atom. The fourth-order valence-corrected chi connectivity index (χ4v) is 2.46. The Labute approximate surface area is 169 Å². The Bertz CT molecular complexity index is 898. The Morgan fingerprint density at radius 2 is 1.66 bits per heavy atom. The molecule has 2 aromatic rings. The van der Waals surface area contributed by atoms with E-state index in [2.05, 4.69) is 16.2 Å². The summed E-state index contributed by atoms with van der Waals surface area (Å²) in [5, 5.41) is 2.47. The first-order valence-electron chi connectivity index (χ1n) is 9.06. The monoisotopic (exact) mass is 399 g/mol. The van der Waals surface area contributed by atoms with Crippen LogP contribution in [-0.4, -0.2) is 37.5 Å². The summed E-state index contributed by atoms with van der Waals surface area (Å²) in [4.78, 5) is 36.2. The SMILES string of the molecule is COc1ccccc1C(=O)NCC(=O)NNC(=O)C(C)Oc1cccc(C)c1C. The largest absolute Gasteiger partial charge is 0.496 e. The number of carbonyl (C=O) groups is 3. The Kier molecular flexibility index (Phi) is 7.59. The van der Waals surface area contributed by atoms with Crippen molar-refractivity contribution in [2.45, 2.75) is 26.9 Å². The molecule has 0 fully saturated rings. The molecular formula is C21H25N3O5. The zero-order valence-electron chi connectivity index (χ0n) is 16.9. The van der Waals surface area contributed by atoms with E-state index in [9.17, 15) is 14.4 Å². The standard InChI is InChI=1S/C21H25N3O5/c1-13-8-7-11-17(14(13)2)29-15(3)20(26)24-23-19(25)12-22-21(27)16-9-5-6-10-18(16)28-4/h5-11,15H,12H2,1-4H3,(H,22,27)(H,23,25)(H,24,26). The van der Waals surface area contributed by atoms with Crippen LogP contribution in [0.1, 0.15) is 28.4 Å². The second kappa shape index (κ2) is 10.1. The first kappa shape index (κ1) is 21.7. The van der Waals surface area contributed by atoms with Gasteiger partial charge in [0.2, 0.25) is 0 Å². The average Bonchev–Trinajstić information content (AvgIpc) is 2.73. The van der Waals surface area contributed by atoms with Crippen molar-refractivity contribution in [3.63, 3.8) is 0 Å². The number of hydrogen-bond acceptors (Lipinski definition) is 5. The molecule has 29 heavy (non-hydrogen) atoms. The van der Waals surface area contributed by atoms with E-state index in [0.717, 1.165) is 11.1 Å². The number of carbonyl (C=O) groups excluding carboxylic acids is 3. The molecule has 0 aliphatic rings. The van der Waals surface area contributed by atoms with Crippen molar-refractivity contribution < 1.29 is 23.9 Å². The van der Waals surface area contributed by atoms with Crippen LogP contribution in [0, 0.1) is 13.8 Å². The molecule has 1 atom stereocenters. The van der Waals surface area contributed by atoms with Crippen LogP contribution in [-0.2, 0) is 9.59 Å². The maximum atomic E-state index is 12.2. The zero-order valence-corrected chi connectivity index (χ0v) is 16.9. The number of benzene rings is 2. The van der Waals surface area contributed by atoms with E-state index in [1.54, 1.807) is 37.3 Å². The molecule has 0 saturated carbocycles. The number of rotatable bonds is 7. The van der Waals surface area contributed by atoms with Gasteiger partial charge in [-0.1, -0.05) is 24.3 Å². The molecule has 8 heteroatoms. The second-order valence-electron chi connectivity index (χ2n) is 6.38. The summed E-state index contributed by atoms with van der Waals surface area (Å²) >= 11 is 0. The van der Waals surface area contributed by atoms with Crippen molar-refractivity contribution in [2.24, 2.45) is 0 Å². The molecule has 0 saturated heterocycles. The van der Waals surface area contributed by atoms with E-state index < -0.39 is 23.8 Å².